The summed E-state index contributed by atoms with van der Waals surface area (Å²) in [5.74, 6) is 0. The Balaban J connectivity index is 2.02. The van der Waals surface area contributed by atoms with Crippen molar-refractivity contribution >= 4 is 16.7 Å². The number of rotatable bonds is 2. The average Bonchev–Trinajstić information content (AvgIpc) is 2.62. The van der Waals surface area contributed by atoms with E-state index in [4.69, 9.17) is 4.74 Å². The Bertz CT molecular complexity index is 243. The van der Waals surface area contributed by atoms with Crippen LogP contribution in [0.2, 0.25) is 0 Å². The Kier molecular flexibility index (Phi) is 1.98. The van der Waals surface area contributed by atoms with Crippen molar-refractivity contribution < 1.29 is 4.74 Å². The molecule has 0 spiro atoms. The number of nitrogens with one attached hydrogen (secondary N) is 1. The molecule has 1 N–H and O–H groups in total. The Morgan fingerprint density at radius 2 is 2.67 bits per heavy atom. The van der Waals surface area contributed by atoms with Gasteiger partial charge >= 0.3 is 0 Å². The second kappa shape index (κ2) is 2.99. The molecule has 2 rings (SSSR count). The Labute approximate surface area is 75.1 Å². The number of ether oxygens (including phenoxy) is 1. The monoisotopic (exact) mass is 185 g/mol. The van der Waals surface area contributed by atoms with Gasteiger partial charge in [0.2, 0.25) is 5.13 Å². The lowest BCUT2D eigenvalue weighted by Crippen LogP contribution is -2.34. The molecular formula is C7H11N3OS. The van der Waals surface area contributed by atoms with Crippen LogP contribution in [0.3, 0.4) is 0 Å². The third kappa shape index (κ3) is 1.56. The number of hydrogen-bond acceptors (Lipinski definition) is 5. The number of aromatic nitrogens is 2. The second-order valence-electron chi connectivity index (χ2n) is 3.23. The first-order chi connectivity index (χ1) is 5.79. The maximum absolute atomic E-state index is 5.30. The molecule has 66 valence electrons. The molecular weight excluding hydrogens is 174 g/mol. The van der Waals surface area contributed by atoms with Crippen LogP contribution in [0.25, 0.3) is 0 Å². The van der Waals surface area contributed by atoms with Crippen molar-refractivity contribution in [1.82, 2.24) is 9.36 Å². The van der Waals surface area contributed by atoms with E-state index in [-0.39, 0.29) is 5.54 Å². The lowest BCUT2D eigenvalue weighted by Gasteiger charge is -2.22. The summed E-state index contributed by atoms with van der Waals surface area (Å²) < 4.78 is 9.23. The molecule has 1 unspecified atom stereocenters. The van der Waals surface area contributed by atoms with Crippen LogP contribution in [0, 0.1) is 0 Å². The Morgan fingerprint density at radius 1 is 1.75 bits per heavy atom. The third-order valence-electron chi connectivity index (χ3n) is 1.99. The molecule has 1 saturated heterocycles. The van der Waals surface area contributed by atoms with E-state index in [2.05, 4.69) is 21.6 Å². The fraction of sp³-hybridized carbons (Fsp3) is 0.714. The zero-order valence-electron chi connectivity index (χ0n) is 6.91. The van der Waals surface area contributed by atoms with E-state index in [0.717, 1.165) is 24.8 Å². The van der Waals surface area contributed by atoms with Crippen LogP contribution in [0.4, 0.5) is 5.13 Å². The Hall–Kier alpha value is -0.680. The predicted molar refractivity (Wildman–Crippen MR) is 47.4 cm³/mol. The normalized spacial score (nSPS) is 29.1. The van der Waals surface area contributed by atoms with Gasteiger partial charge in [-0.3, -0.25) is 0 Å². The minimum atomic E-state index is 0.0551. The first-order valence-electron chi connectivity index (χ1n) is 3.91. The molecule has 2 heterocycles. The van der Waals surface area contributed by atoms with Gasteiger partial charge in [0.25, 0.3) is 0 Å². The van der Waals surface area contributed by atoms with E-state index in [1.54, 1.807) is 6.33 Å². The van der Waals surface area contributed by atoms with Gasteiger partial charge in [-0.1, -0.05) is 0 Å². The van der Waals surface area contributed by atoms with Crippen LogP contribution < -0.4 is 5.32 Å². The van der Waals surface area contributed by atoms with E-state index in [1.165, 1.54) is 11.5 Å². The first-order valence-corrected chi connectivity index (χ1v) is 4.68. The van der Waals surface area contributed by atoms with Crippen LogP contribution in [-0.4, -0.2) is 28.1 Å². The molecule has 1 aliphatic heterocycles. The number of anilines is 1. The second-order valence-corrected chi connectivity index (χ2v) is 4.01. The molecule has 1 fully saturated rings. The van der Waals surface area contributed by atoms with Crippen molar-refractivity contribution in [3.63, 3.8) is 0 Å². The summed E-state index contributed by atoms with van der Waals surface area (Å²) in [6.45, 7) is 3.73. The van der Waals surface area contributed by atoms with E-state index in [0.29, 0.717) is 0 Å². The molecule has 0 amide bonds. The van der Waals surface area contributed by atoms with Crippen LogP contribution in [-0.2, 0) is 4.74 Å². The molecule has 1 aliphatic rings. The summed E-state index contributed by atoms with van der Waals surface area (Å²) >= 11 is 1.38. The van der Waals surface area contributed by atoms with Crippen LogP contribution >= 0.6 is 11.5 Å². The molecule has 5 heteroatoms. The van der Waals surface area contributed by atoms with Crippen LogP contribution in [0.15, 0.2) is 6.33 Å². The summed E-state index contributed by atoms with van der Waals surface area (Å²) in [5.41, 5.74) is 0.0551. The molecule has 0 aromatic carbocycles. The maximum Gasteiger partial charge on any atom is 0.202 e. The van der Waals surface area contributed by atoms with Gasteiger partial charge in [-0.05, 0) is 13.3 Å². The van der Waals surface area contributed by atoms with Gasteiger partial charge in [-0.15, -0.1) is 0 Å². The fourth-order valence-corrected chi connectivity index (χ4v) is 1.83. The highest BCUT2D eigenvalue weighted by Crippen LogP contribution is 2.23. The van der Waals surface area contributed by atoms with Gasteiger partial charge in [-0.25, -0.2) is 4.98 Å². The summed E-state index contributed by atoms with van der Waals surface area (Å²) in [4.78, 5) is 4.07. The zero-order valence-corrected chi connectivity index (χ0v) is 7.73. The topological polar surface area (TPSA) is 47.0 Å². The number of hydrogen-bond donors (Lipinski definition) is 1. The summed E-state index contributed by atoms with van der Waals surface area (Å²) in [6.07, 6.45) is 2.60. The quantitative estimate of drug-likeness (QED) is 0.750. The first kappa shape index (κ1) is 7.94. The maximum atomic E-state index is 5.30. The molecule has 0 saturated carbocycles. The molecule has 0 bridgehead atoms. The van der Waals surface area contributed by atoms with Crippen LogP contribution in [0.1, 0.15) is 13.3 Å². The smallest absolute Gasteiger partial charge is 0.202 e. The molecule has 12 heavy (non-hydrogen) atoms. The van der Waals surface area contributed by atoms with Crippen molar-refractivity contribution in [1.29, 1.82) is 0 Å². The molecule has 4 nitrogen and oxygen atoms in total. The van der Waals surface area contributed by atoms with Crippen molar-refractivity contribution in [2.24, 2.45) is 0 Å². The highest BCUT2D eigenvalue weighted by atomic mass is 32.1. The molecule has 1 aromatic heterocycles. The lowest BCUT2D eigenvalue weighted by molar-refractivity contribution is 0.185. The van der Waals surface area contributed by atoms with Gasteiger partial charge < -0.3 is 10.1 Å². The molecule has 1 atom stereocenters. The van der Waals surface area contributed by atoms with Crippen molar-refractivity contribution in [2.75, 3.05) is 18.5 Å². The van der Waals surface area contributed by atoms with Crippen molar-refractivity contribution in [3.05, 3.63) is 6.33 Å². The molecule has 0 radical (unpaired) electrons. The highest BCUT2D eigenvalue weighted by Gasteiger charge is 2.29. The van der Waals surface area contributed by atoms with Gasteiger partial charge in [0.05, 0.1) is 12.1 Å². The van der Waals surface area contributed by atoms with Gasteiger partial charge in [0.15, 0.2) is 0 Å². The molecule has 1 aromatic rings. The van der Waals surface area contributed by atoms with E-state index < -0.39 is 0 Å². The minimum absolute atomic E-state index is 0.0551. The summed E-state index contributed by atoms with van der Waals surface area (Å²) in [7, 11) is 0. The van der Waals surface area contributed by atoms with E-state index >= 15 is 0 Å². The standard InChI is InChI=1S/C7H11N3OS/c1-7(2-3-11-4-7)10-6-8-5-9-12-6/h5H,2-4H2,1H3,(H,8,9,10). The van der Waals surface area contributed by atoms with Gasteiger partial charge in [0, 0.05) is 18.1 Å². The fourth-order valence-electron chi connectivity index (χ4n) is 1.25. The Morgan fingerprint density at radius 3 is 3.25 bits per heavy atom. The van der Waals surface area contributed by atoms with E-state index in [9.17, 15) is 0 Å². The van der Waals surface area contributed by atoms with Crippen molar-refractivity contribution in [2.45, 2.75) is 18.9 Å². The number of nitrogens with zero attached hydrogens (tertiary/aromatic N) is 2. The van der Waals surface area contributed by atoms with Gasteiger partial charge in [0.1, 0.15) is 6.33 Å². The summed E-state index contributed by atoms with van der Waals surface area (Å²) in [6, 6.07) is 0. The largest absolute Gasteiger partial charge is 0.379 e. The summed E-state index contributed by atoms with van der Waals surface area (Å²) in [5, 5.41) is 4.19. The highest BCUT2D eigenvalue weighted by molar-refractivity contribution is 7.09. The van der Waals surface area contributed by atoms with Gasteiger partial charge in [-0.2, -0.15) is 4.37 Å². The zero-order chi connectivity index (χ0) is 8.44. The van der Waals surface area contributed by atoms with Crippen molar-refractivity contribution in [3.8, 4) is 0 Å². The van der Waals surface area contributed by atoms with Crippen LogP contribution in [0.5, 0.6) is 0 Å². The van der Waals surface area contributed by atoms with E-state index in [1.807, 2.05) is 0 Å². The average molecular weight is 185 g/mol. The minimum Gasteiger partial charge on any atom is -0.379 e. The SMILES string of the molecule is CC1(Nc2ncns2)CCOC1. The molecule has 0 aliphatic carbocycles. The lowest BCUT2D eigenvalue weighted by atomic mass is 10.0. The predicted octanol–water partition coefficient (Wildman–Crippen LogP) is 1.13. The third-order valence-corrected chi connectivity index (χ3v) is 2.57.